The van der Waals surface area contributed by atoms with Gasteiger partial charge < -0.3 is 0 Å². The van der Waals surface area contributed by atoms with E-state index in [2.05, 4.69) is 46.1 Å². The summed E-state index contributed by atoms with van der Waals surface area (Å²) in [5.74, 6) is 0. The summed E-state index contributed by atoms with van der Waals surface area (Å²) in [5, 5.41) is 2.15. The highest BCUT2D eigenvalue weighted by Gasteiger charge is 2.31. The molecule has 2 rings (SSSR count). The minimum absolute atomic E-state index is 0.768. The quantitative estimate of drug-likeness (QED) is 0.786. The molecule has 1 saturated heterocycles. The zero-order valence-electron chi connectivity index (χ0n) is 7.96. The van der Waals surface area contributed by atoms with Gasteiger partial charge >= 0.3 is 0 Å². The Hall–Kier alpha value is 0.140. The maximum atomic E-state index is 3.57. The lowest BCUT2D eigenvalue weighted by atomic mass is 9.96. The topological polar surface area (TPSA) is 3.24 Å². The predicted octanol–water partition coefficient (Wildman–Crippen LogP) is 3.49. The molecule has 2 heterocycles. The molecule has 0 aliphatic carbocycles. The number of nitrogens with zero attached hydrogens (tertiary/aromatic N) is 1. The summed E-state index contributed by atoms with van der Waals surface area (Å²) in [6.07, 6.45) is 1.35. The van der Waals surface area contributed by atoms with Crippen molar-refractivity contribution in [1.82, 2.24) is 4.90 Å². The molecular formula is C10H14BrNS. The lowest BCUT2D eigenvalue weighted by Gasteiger charge is -2.45. The van der Waals surface area contributed by atoms with E-state index in [1.807, 2.05) is 11.3 Å². The molecule has 72 valence electrons. The van der Waals surface area contributed by atoms with Crippen LogP contribution in [0.5, 0.6) is 0 Å². The molecular weight excluding hydrogens is 246 g/mol. The van der Waals surface area contributed by atoms with Gasteiger partial charge in [-0.15, -0.1) is 11.3 Å². The summed E-state index contributed by atoms with van der Waals surface area (Å²) in [4.78, 5) is 4.01. The van der Waals surface area contributed by atoms with Gasteiger partial charge in [-0.2, -0.15) is 0 Å². The van der Waals surface area contributed by atoms with Crippen LogP contribution in [-0.4, -0.2) is 17.0 Å². The van der Waals surface area contributed by atoms with E-state index in [0.717, 1.165) is 18.6 Å². The standard InChI is InChI=1S/C10H14BrNS/c1-7-5-8(2)12(7)6-10-9(11)3-4-13-10/h3-4,7-8H,5-6H2,1-2H3. The fraction of sp³-hybridized carbons (Fsp3) is 0.600. The van der Waals surface area contributed by atoms with Gasteiger partial charge in [-0.05, 0) is 47.6 Å². The molecule has 13 heavy (non-hydrogen) atoms. The van der Waals surface area contributed by atoms with Gasteiger partial charge in [-0.25, -0.2) is 0 Å². The lowest BCUT2D eigenvalue weighted by Crippen LogP contribution is -2.51. The van der Waals surface area contributed by atoms with Gasteiger partial charge in [-0.3, -0.25) is 4.90 Å². The van der Waals surface area contributed by atoms with Crippen LogP contribution >= 0.6 is 27.3 Å². The number of halogens is 1. The second kappa shape index (κ2) is 3.71. The first-order valence-corrected chi connectivity index (χ1v) is 6.33. The number of thiophene rings is 1. The van der Waals surface area contributed by atoms with Crippen molar-refractivity contribution in [3.8, 4) is 0 Å². The van der Waals surface area contributed by atoms with Crippen molar-refractivity contribution in [2.75, 3.05) is 0 Å². The normalized spacial score (nSPS) is 28.8. The summed E-state index contributed by atoms with van der Waals surface area (Å²) in [5.41, 5.74) is 0. The van der Waals surface area contributed by atoms with Crippen LogP contribution in [0.15, 0.2) is 15.9 Å². The smallest absolute Gasteiger partial charge is 0.0344 e. The van der Waals surface area contributed by atoms with Gasteiger partial charge in [0.05, 0.1) is 0 Å². The molecule has 0 amide bonds. The maximum Gasteiger partial charge on any atom is 0.0344 e. The van der Waals surface area contributed by atoms with Gasteiger partial charge in [0.15, 0.2) is 0 Å². The molecule has 1 fully saturated rings. The third-order valence-electron chi connectivity index (χ3n) is 2.83. The van der Waals surface area contributed by atoms with Gasteiger partial charge in [-0.1, -0.05) is 0 Å². The van der Waals surface area contributed by atoms with Gasteiger partial charge in [0.25, 0.3) is 0 Å². The number of hydrogen-bond acceptors (Lipinski definition) is 2. The van der Waals surface area contributed by atoms with Crippen molar-refractivity contribution in [3.05, 3.63) is 20.8 Å². The number of rotatable bonds is 2. The third kappa shape index (κ3) is 1.83. The Kier molecular flexibility index (Phi) is 2.77. The molecule has 1 aromatic rings. The Balaban J connectivity index is 2.02. The third-order valence-corrected chi connectivity index (χ3v) is 4.74. The average Bonchev–Trinajstić information content (AvgIpc) is 2.48. The van der Waals surface area contributed by atoms with Crippen molar-refractivity contribution < 1.29 is 0 Å². The fourth-order valence-electron chi connectivity index (χ4n) is 1.98. The van der Waals surface area contributed by atoms with Crippen molar-refractivity contribution in [1.29, 1.82) is 0 Å². The zero-order chi connectivity index (χ0) is 9.42. The Morgan fingerprint density at radius 2 is 2.23 bits per heavy atom. The molecule has 0 saturated carbocycles. The van der Waals surface area contributed by atoms with Crippen LogP contribution in [0.25, 0.3) is 0 Å². The average molecular weight is 260 g/mol. The molecule has 2 atom stereocenters. The van der Waals surface area contributed by atoms with Crippen molar-refractivity contribution >= 4 is 27.3 Å². The van der Waals surface area contributed by atoms with Crippen LogP contribution in [0.4, 0.5) is 0 Å². The van der Waals surface area contributed by atoms with Gasteiger partial charge in [0.2, 0.25) is 0 Å². The first kappa shape index (κ1) is 9.69. The van der Waals surface area contributed by atoms with Crippen LogP contribution in [-0.2, 0) is 6.54 Å². The molecule has 1 aliphatic heterocycles. The van der Waals surface area contributed by atoms with E-state index in [1.165, 1.54) is 15.8 Å². The van der Waals surface area contributed by atoms with E-state index in [1.54, 1.807) is 0 Å². The molecule has 0 spiro atoms. The number of hydrogen-bond donors (Lipinski definition) is 0. The van der Waals surface area contributed by atoms with Gasteiger partial charge in [0, 0.05) is 28.0 Å². The monoisotopic (exact) mass is 259 g/mol. The predicted molar refractivity (Wildman–Crippen MR) is 61.1 cm³/mol. The van der Waals surface area contributed by atoms with Crippen LogP contribution in [0, 0.1) is 0 Å². The van der Waals surface area contributed by atoms with E-state index in [-0.39, 0.29) is 0 Å². The summed E-state index contributed by atoms with van der Waals surface area (Å²) >= 11 is 5.41. The summed E-state index contributed by atoms with van der Waals surface area (Å²) in [6, 6.07) is 3.67. The Bertz CT molecular complexity index is 289. The largest absolute Gasteiger partial charge is 0.293 e. The Morgan fingerprint density at radius 3 is 2.69 bits per heavy atom. The molecule has 1 aliphatic rings. The minimum Gasteiger partial charge on any atom is -0.293 e. The van der Waals surface area contributed by atoms with E-state index in [9.17, 15) is 0 Å². The van der Waals surface area contributed by atoms with Crippen LogP contribution in [0.2, 0.25) is 0 Å². The highest BCUT2D eigenvalue weighted by atomic mass is 79.9. The maximum absolute atomic E-state index is 3.57. The van der Waals surface area contributed by atoms with Crippen LogP contribution in [0.3, 0.4) is 0 Å². The minimum atomic E-state index is 0.768. The first-order valence-electron chi connectivity index (χ1n) is 4.66. The Labute approximate surface area is 91.9 Å². The highest BCUT2D eigenvalue weighted by Crippen LogP contribution is 2.31. The summed E-state index contributed by atoms with van der Waals surface area (Å²) < 4.78 is 1.27. The second-order valence-corrected chi connectivity index (χ2v) is 5.65. The molecule has 0 N–H and O–H groups in total. The van der Waals surface area contributed by atoms with E-state index >= 15 is 0 Å². The second-order valence-electron chi connectivity index (χ2n) is 3.80. The first-order chi connectivity index (χ1) is 6.18. The molecule has 1 aromatic heterocycles. The molecule has 1 nitrogen and oxygen atoms in total. The molecule has 0 radical (unpaired) electrons. The van der Waals surface area contributed by atoms with E-state index in [0.29, 0.717) is 0 Å². The molecule has 3 heteroatoms. The fourth-order valence-corrected chi connectivity index (χ4v) is 3.46. The van der Waals surface area contributed by atoms with E-state index < -0.39 is 0 Å². The van der Waals surface area contributed by atoms with Crippen molar-refractivity contribution in [3.63, 3.8) is 0 Å². The van der Waals surface area contributed by atoms with Crippen LogP contribution in [0.1, 0.15) is 25.1 Å². The summed E-state index contributed by atoms with van der Waals surface area (Å²) in [7, 11) is 0. The SMILES string of the molecule is CC1CC(C)N1Cc1sccc1Br. The summed E-state index contributed by atoms with van der Waals surface area (Å²) in [6.45, 7) is 5.73. The van der Waals surface area contributed by atoms with Gasteiger partial charge in [0.1, 0.15) is 0 Å². The van der Waals surface area contributed by atoms with Crippen LogP contribution < -0.4 is 0 Å². The Morgan fingerprint density at radius 1 is 1.54 bits per heavy atom. The van der Waals surface area contributed by atoms with Crippen molar-refractivity contribution in [2.45, 2.75) is 38.9 Å². The molecule has 0 aromatic carbocycles. The molecule has 0 bridgehead atoms. The zero-order valence-corrected chi connectivity index (χ0v) is 10.4. The van der Waals surface area contributed by atoms with E-state index in [4.69, 9.17) is 0 Å². The van der Waals surface area contributed by atoms with Crippen molar-refractivity contribution in [2.24, 2.45) is 0 Å². The molecule has 2 unspecified atom stereocenters. The number of likely N-dealkylation sites (tertiary alicyclic amines) is 1. The highest BCUT2D eigenvalue weighted by molar-refractivity contribution is 9.10. The lowest BCUT2D eigenvalue weighted by molar-refractivity contribution is 0.0304.